The van der Waals surface area contributed by atoms with Crippen LogP contribution in [0.15, 0.2) is 24.5 Å². The van der Waals surface area contributed by atoms with E-state index in [4.69, 9.17) is 9.52 Å². The van der Waals surface area contributed by atoms with E-state index in [1.165, 1.54) is 5.56 Å². The van der Waals surface area contributed by atoms with Crippen LogP contribution in [0.1, 0.15) is 35.4 Å². The molecule has 2 saturated heterocycles. The lowest BCUT2D eigenvalue weighted by molar-refractivity contribution is 0.129. The van der Waals surface area contributed by atoms with Crippen molar-refractivity contribution in [2.24, 2.45) is 0 Å². The van der Waals surface area contributed by atoms with Crippen molar-refractivity contribution in [1.29, 1.82) is 4.78 Å². The minimum atomic E-state index is -2.39. The Morgan fingerprint density at radius 3 is 2.54 bits per heavy atom. The zero-order valence-corrected chi connectivity index (χ0v) is 16.9. The highest BCUT2D eigenvalue weighted by Gasteiger charge is 2.33. The van der Waals surface area contributed by atoms with Gasteiger partial charge in [0.05, 0.1) is 19.3 Å². The molecule has 0 aliphatic carbocycles. The number of ether oxygens (including phenoxy) is 1. The van der Waals surface area contributed by atoms with E-state index in [-0.39, 0.29) is 12.2 Å². The summed E-state index contributed by atoms with van der Waals surface area (Å²) in [5.74, 6) is 1.28. The Morgan fingerprint density at radius 1 is 1.25 bits per heavy atom. The highest BCUT2D eigenvalue weighted by molar-refractivity contribution is 7.92. The van der Waals surface area contributed by atoms with Crippen LogP contribution < -0.4 is 4.90 Å². The van der Waals surface area contributed by atoms with E-state index in [1.807, 2.05) is 12.1 Å². The van der Waals surface area contributed by atoms with Crippen molar-refractivity contribution in [3.63, 3.8) is 0 Å². The van der Waals surface area contributed by atoms with Crippen LogP contribution in [0.2, 0.25) is 0 Å². The number of nitrogens with zero attached hydrogens (tertiary/aromatic N) is 4. The lowest BCUT2D eigenvalue weighted by Crippen LogP contribution is -2.27. The van der Waals surface area contributed by atoms with Gasteiger partial charge in [0.1, 0.15) is 6.10 Å². The first kappa shape index (κ1) is 18.9. The van der Waals surface area contributed by atoms with Gasteiger partial charge in [-0.05, 0) is 61.4 Å². The fourth-order valence-electron chi connectivity index (χ4n) is 4.32. The Bertz CT molecular complexity index is 950. The topological polar surface area (TPSA) is 101 Å². The third-order valence-corrected chi connectivity index (χ3v) is 7.42. The minimum absolute atomic E-state index is 0.266. The van der Waals surface area contributed by atoms with Gasteiger partial charge in [0.15, 0.2) is 0 Å². The Balaban J connectivity index is 1.52. The molecule has 3 heterocycles. The normalized spacial score (nSPS) is 27.8. The summed E-state index contributed by atoms with van der Waals surface area (Å²) < 4.78 is 26.9. The molecule has 9 heteroatoms. The molecule has 28 heavy (non-hydrogen) atoms. The number of amides is 1. The number of hydrogen-bond donors (Lipinski definition) is 1. The first-order chi connectivity index (χ1) is 13.3. The van der Waals surface area contributed by atoms with Gasteiger partial charge in [0.2, 0.25) is 0 Å². The molecule has 1 N–H and O–H groups in total. The third-order valence-electron chi connectivity index (χ3n) is 5.63. The Morgan fingerprint density at radius 2 is 1.93 bits per heavy atom. The average molecular weight is 404 g/mol. The zero-order valence-electron chi connectivity index (χ0n) is 16.1. The molecule has 2 aromatic rings. The number of anilines is 1. The van der Waals surface area contributed by atoms with E-state index < -0.39 is 9.73 Å². The molecule has 8 nitrogen and oxygen atoms in total. The summed E-state index contributed by atoms with van der Waals surface area (Å²) in [7, 11) is -2.39. The molecule has 1 aromatic heterocycles. The fourth-order valence-corrected chi connectivity index (χ4v) is 5.85. The quantitative estimate of drug-likeness (QED) is 0.846. The van der Waals surface area contributed by atoms with E-state index >= 15 is 0 Å². The highest BCUT2D eigenvalue weighted by Crippen LogP contribution is 2.36. The van der Waals surface area contributed by atoms with Crippen molar-refractivity contribution >= 4 is 21.5 Å². The third kappa shape index (κ3) is 3.76. The summed E-state index contributed by atoms with van der Waals surface area (Å²) in [6.45, 7) is 5.08. The highest BCUT2D eigenvalue weighted by atomic mass is 32.2. The molecule has 0 saturated carbocycles. The van der Waals surface area contributed by atoms with Gasteiger partial charge in [0.25, 0.3) is 0 Å². The van der Waals surface area contributed by atoms with Crippen molar-refractivity contribution in [2.75, 3.05) is 23.0 Å². The maximum absolute atomic E-state index is 12.4. The molecule has 1 unspecified atom stereocenters. The number of carbonyl (C=O) groups is 1. The lowest BCUT2D eigenvalue weighted by atomic mass is 9.86. The summed E-state index contributed by atoms with van der Waals surface area (Å²) in [6.07, 6.45) is 4.31. The molecule has 1 atom stereocenters. The van der Waals surface area contributed by atoms with Crippen LogP contribution in [0, 0.1) is 18.6 Å². The molecular weight excluding hydrogens is 378 g/mol. The first-order valence-corrected chi connectivity index (χ1v) is 11.4. The van der Waals surface area contributed by atoms with Crippen LogP contribution in [-0.4, -0.2) is 49.5 Å². The van der Waals surface area contributed by atoms with Gasteiger partial charge >= 0.3 is 6.09 Å². The van der Waals surface area contributed by atoms with Gasteiger partial charge in [-0.25, -0.2) is 13.7 Å². The summed E-state index contributed by atoms with van der Waals surface area (Å²) in [5, 5.41) is 7.70. The largest absolute Gasteiger partial charge is 0.442 e. The number of nitrogens with one attached hydrogen (secondary N) is 1. The Hall–Kier alpha value is -2.42. The molecule has 4 rings (SSSR count). The van der Waals surface area contributed by atoms with E-state index in [0.717, 1.165) is 29.7 Å². The van der Waals surface area contributed by atoms with Crippen molar-refractivity contribution < 1.29 is 13.7 Å². The van der Waals surface area contributed by atoms with E-state index in [0.29, 0.717) is 30.5 Å². The summed E-state index contributed by atoms with van der Waals surface area (Å²) >= 11 is 0. The molecule has 2 aliphatic heterocycles. The predicted octanol–water partition coefficient (Wildman–Crippen LogP) is 2.84. The second kappa shape index (κ2) is 7.20. The summed E-state index contributed by atoms with van der Waals surface area (Å²) in [5.41, 5.74) is 4.37. The smallest absolute Gasteiger partial charge is 0.414 e. The number of benzene rings is 1. The molecule has 0 bridgehead atoms. The van der Waals surface area contributed by atoms with Crippen LogP contribution in [0.5, 0.6) is 0 Å². The predicted molar refractivity (Wildman–Crippen MR) is 106 cm³/mol. The van der Waals surface area contributed by atoms with Crippen LogP contribution >= 0.6 is 0 Å². The fraction of sp³-hybridized carbons (Fsp3) is 0.526. The van der Waals surface area contributed by atoms with Crippen LogP contribution in [0.25, 0.3) is 0 Å². The Labute approximate surface area is 164 Å². The summed E-state index contributed by atoms with van der Waals surface area (Å²) in [4.78, 5) is 14.1. The van der Waals surface area contributed by atoms with Gasteiger partial charge in [-0.1, -0.05) is 5.21 Å². The van der Waals surface area contributed by atoms with Crippen LogP contribution in [0.3, 0.4) is 0 Å². The lowest BCUT2D eigenvalue weighted by Gasteiger charge is -2.28. The first-order valence-electron chi connectivity index (χ1n) is 9.50. The van der Waals surface area contributed by atoms with Crippen LogP contribution in [0.4, 0.5) is 10.5 Å². The van der Waals surface area contributed by atoms with Gasteiger partial charge in [-0.3, -0.25) is 9.68 Å². The average Bonchev–Trinajstić information content (AvgIpc) is 3.25. The van der Waals surface area contributed by atoms with E-state index in [2.05, 4.69) is 24.2 Å². The molecule has 0 spiro atoms. The second-order valence-corrected chi connectivity index (χ2v) is 10.2. The molecule has 2 fully saturated rings. The summed E-state index contributed by atoms with van der Waals surface area (Å²) in [6, 6.07) is 4.07. The van der Waals surface area contributed by atoms with Crippen molar-refractivity contribution in [1.82, 2.24) is 15.0 Å². The second-order valence-electron chi connectivity index (χ2n) is 7.73. The van der Waals surface area contributed by atoms with E-state index in [1.54, 1.807) is 22.0 Å². The van der Waals surface area contributed by atoms with Crippen LogP contribution in [-0.2, 0) is 21.0 Å². The monoisotopic (exact) mass is 403 g/mol. The number of aryl methyl sites for hydroxylation is 2. The number of carbonyl (C=O) groups excluding carboxylic acids is 1. The minimum Gasteiger partial charge on any atom is -0.442 e. The maximum Gasteiger partial charge on any atom is 0.414 e. The zero-order chi connectivity index (χ0) is 19.9. The number of rotatable bonds is 4. The number of hydrogen-bond acceptors (Lipinski definition) is 6. The van der Waals surface area contributed by atoms with Gasteiger partial charge < -0.3 is 4.74 Å². The maximum atomic E-state index is 12.4. The molecule has 1 aromatic carbocycles. The van der Waals surface area contributed by atoms with Crippen molar-refractivity contribution in [3.8, 4) is 0 Å². The Kier molecular flexibility index (Phi) is 4.86. The van der Waals surface area contributed by atoms with Crippen molar-refractivity contribution in [2.45, 2.75) is 45.3 Å². The number of cyclic esters (lactones) is 1. The van der Waals surface area contributed by atoms with Gasteiger partial charge in [0, 0.05) is 33.1 Å². The van der Waals surface area contributed by atoms with Gasteiger partial charge in [-0.2, -0.15) is 0 Å². The van der Waals surface area contributed by atoms with E-state index in [9.17, 15) is 9.00 Å². The molecule has 150 valence electrons. The van der Waals surface area contributed by atoms with Gasteiger partial charge in [-0.15, -0.1) is 5.10 Å². The standard InChI is InChI=1S/C19H25N5O3S/c1-13-9-16(10-14(2)18(13)15-3-7-28(20,26)8-4-15)24-12-17(27-19(24)25)11-23-6-5-21-22-23/h5-6,9-10,15,17,20H,3-4,7-8,11-12H2,1-2H3. The SMILES string of the molecule is Cc1cc(N2CC(Cn3ccnn3)OC2=O)cc(C)c1C1CCS(=N)(=O)CC1. The van der Waals surface area contributed by atoms with Crippen molar-refractivity contribution in [3.05, 3.63) is 41.2 Å². The molecule has 1 amide bonds. The number of aromatic nitrogens is 3. The molecule has 2 aliphatic rings. The molecule has 0 radical (unpaired) electrons. The molecular formula is C19H25N5O3S.